The molecule has 0 saturated heterocycles. The summed E-state index contributed by atoms with van der Waals surface area (Å²) in [5.74, 6) is -0.403. The van der Waals surface area contributed by atoms with Crippen molar-refractivity contribution in [3.63, 3.8) is 0 Å². The molecule has 0 aliphatic carbocycles. The summed E-state index contributed by atoms with van der Waals surface area (Å²) in [7, 11) is 0. The first-order valence-electron chi connectivity index (χ1n) is 5.02. The molecule has 2 N–H and O–H groups in total. The summed E-state index contributed by atoms with van der Waals surface area (Å²) in [6.07, 6.45) is -4.96. The molecule has 0 unspecified atom stereocenters. The van der Waals surface area contributed by atoms with Gasteiger partial charge in [0.2, 0.25) is 0 Å². The Balaban J connectivity index is 2.13. The topological polar surface area (TPSA) is 77.8 Å². The van der Waals surface area contributed by atoms with Crippen LogP contribution >= 0.6 is 11.3 Å². The van der Waals surface area contributed by atoms with E-state index >= 15 is 0 Å². The SMILES string of the molecule is NCCc1nc(-c2nc(CC(F)(F)F)no2)cs1. The Kier molecular flexibility index (Phi) is 3.62. The van der Waals surface area contributed by atoms with E-state index in [1.807, 2.05) is 0 Å². The molecule has 98 valence electrons. The Hall–Kier alpha value is -1.48. The third kappa shape index (κ3) is 3.26. The number of alkyl halides is 3. The average Bonchev–Trinajstić information content (AvgIpc) is 2.85. The first-order valence-corrected chi connectivity index (χ1v) is 5.90. The lowest BCUT2D eigenvalue weighted by Gasteiger charge is -1.99. The highest BCUT2D eigenvalue weighted by atomic mass is 32.1. The Morgan fingerprint density at radius 1 is 1.33 bits per heavy atom. The van der Waals surface area contributed by atoms with Crippen LogP contribution in [0.5, 0.6) is 0 Å². The highest BCUT2D eigenvalue weighted by molar-refractivity contribution is 7.09. The van der Waals surface area contributed by atoms with Gasteiger partial charge in [0, 0.05) is 11.8 Å². The predicted molar refractivity (Wildman–Crippen MR) is 57.9 cm³/mol. The van der Waals surface area contributed by atoms with Crippen molar-refractivity contribution in [1.29, 1.82) is 0 Å². The fourth-order valence-corrected chi connectivity index (χ4v) is 2.04. The first-order chi connectivity index (χ1) is 8.48. The molecule has 2 heterocycles. The molecule has 0 radical (unpaired) electrons. The molecular weight excluding hydrogens is 269 g/mol. The van der Waals surface area contributed by atoms with Crippen molar-refractivity contribution in [2.45, 2.75) is 19.0 Å². The molecule has 2 aromatic heterocycles. The molecule has 0 fully saturated rings. The zero-order valence-electron chi connectivity index (χ0n) is 9.07. The molecule has 18 heavy (non-hydrogen) atoms. The molecule has 2 aromatic rings. The molecular formula is C9H9F3N4OS. The molecule has 0 spiro atoms. The van der Waals surface area contributed by atoms with Crippen LogP contribution in [0.2, 0.25) is 0 Å². The van der Waals surface area contributed by atoms with Crippen LogP contribution in [0.3, 0.4) is 0 Å². The van der Waals surface area contributed by atoms with E-state index < -0.39 is 18.4 Å². The van der Waals surface area contributed by atoms with Gasteiger partial charge >= 0.3 is 6.18 Å². The van der Waals surface area contributed by atoms with Crippen LogP contribution in [0.4, 0.5) is 13.2 Å². The van der Waals surface area contributed by atoms with Crippen LogP contribution in [-0.2, 0) is 12.8 Å². The minimum Gasteiger partial charge on any atom is -0.332 e. The van der Waals surface area contributed by atoms with Crippen LogP contribution in [0.15, 0.2) is 9.90 Å². The van der Waals surface area contributed by atoms with Crippen molar-refractivity contribution in [2.75, 3.05) is 6.54 Å². The summed E-state index contributed by atoms with van der Waals surface area (Å²) >= 11 is 1.35. The Labute approximate surface area is 104 Å². The maximum atomic E-state index is 12.1. The maximum absolute atomic E-state index is 12.1. The van der Waals surface area contributed by atoms with Gasteiger partial charge in [-0.25, -0.2) is 4.98 Å². The second-order valence-electron chi connectivity index (χ2n) is 3.47. The number of nitrogens with zero attached hydrogens (tertiary/aromatic N) is 3. The van der Waals surface area contributed by atoms with E-state index in [0.717, 1.165) is 5.01 Å². The van der Waals surface area contributed by atoms with Crippen LogP contribution in [0, 0.1) is 0 Å². The van der Waals surface area contributed by atoms with Crippen LogP contribution in [0.1, 0.15) is 10.8 Å². The standard InChI is InChI=1S/C9H9F3N4OS/c10-9(11,12)3-6-15-8(17-16-6)5-4-18-7(14-5)1-2-13/h4H,1-3,13H2. The number of hydrogen-bond donors (Lipinski definition) is 1. The van der Waals surface area contributed by atoms with Gasteiger partial charge < -0.3 is 10.3 Å². The van der Waals surface area contributed by atoms with Crippen LogP contribution in [0.25, 0.3) is 11.6 Å². The number of nitrogens with two attached hydrogens (primary N) is 1. The van der Waals surface area contributed by atoms with Crippen molar-refractivity contribution in [3.8, 4) is 11.6 Å². The maximum Gasteiger partial charge on any atom is 0.396 e. The Morgan fingerprint density at radius 2 is 2.11 bits per heavy atom. The lowest BCUT2D eigenvalue weighted by Crippen LogP contribution is -2.12. The summed E-state index contributed by atoms with van der Waals surface area (Å²) in [6, 6.07) is 0. The molecule has 0 saturated carbocycles. The van der Waals surface area contributed by atoms with Gasteiger partial charge in [0.1, 0.15) is 12.1 Å². The number of aromatic nitrogens is 3. The molecule has 0 aliphatic rings. The molecule has 0 bridgehead atoms. The van der Waals surface area contributed by atoms with Crippen molar-refractivity contribution >= 4 is 11.3 Å². The van der Waals surface area contributed by atoms with Crippen LogP contribution in [-0.4, -0.2) is 27.8 Å². The minimum atomic E-state index is -4.35. The van der Waals surface area contributed by atoms with E-state index in [-0.39, 0.29) is 5.89 Å². The zero-order chi connectivity index (χ0) is 13.2. The normalized spacial score (nSPS) is 12.0. The first kappa shape index (κ1) is 13.0. The third-order valence-electron chi connectivity index (χ3n) is 1.96. The fourth-order valence-electron chi connectivity index (χ4n) is 1.26. The quantitative estimate of drug-likeness (QED) is 0.922. The summed E-state index contributed by atoms with van der Waals surface area (Å²) in [5, 5.41) is 5.70. The van der Waals surface area contributed by atoms with Crippen LogP contribution < -0.4 is 5.73 Å². The van der Waals surface area contributed by atoms with E-state index in [1.165, 1.54) is 11.3 Å². The summed E-state index contributed by atoms with van der Waals surface area (Å²) in [5.41, 5.74) is 5.75. The van der Waals surface area contributed by atoms with Crippen molar-refractivity contribution < 1.29 is 17.7 Å². The number of rotatable bonds is 4. The van der Waals surface area contributed by atoms with Gasteiger partial charge in [0.15, 0.2) is 5.82 Å². The lowest BCUT2D eigenvalue weighted by atomic mass is 10.4. The van der Waals surface area contributed by atoms with E-state index in [0.29, 0.717) is 18.7 Å². The predicted octanol–water partition coefficient (Wildman–Crippen LogP) is 1.80. The van der Waals surface area contributed by atoms with Gasteiger partial charge in [-0.2, -0.15) is 18.2 Å². The minimum absolute atomic E-state index is 0.00577. The van der Waals surface area contributed by atoms with E-state index in [9.17, 15) is 13.2 Å². The molecule has 2 rings (SSSR count). The monoisotopic (exact) mass is 278 g/mol. The molecule has 5 nitrogen and oxygen atoms in total. The average molecular weight is 278 g/mol. The lowest BCUT2D eigenvalue weighted by molar-refractivity contribution is -0.128. The van der Waals surface area contributed by atoms with Gasteiger partial charge in [0.05, 0.1) is 5.01 Å². The summed E-state index contributed by atoms with van der Waals surface area (Å²) in [4.78, 5) is 7.80. The Bertz CT molecular complexity index is 522. The highest BCUT2D eigenvalue weighted by Gasteiger charge is 2.30. The van der Waals surface area contributed by atoms with E-state index in [4.69, 9.17) is 10.3 Å². The van der Waals surface area contributed by atoms with Gasteiger partial charge in [-0.3, -0.25) is 0 Å². The highest BCUT2D eigenvalue weighted by Crippen LogP contribution is 2.23. The molecule has 0 atom stereocenters. The van der Waals surface area contributed by atoms with Gasteiger partial charge in [-0.1, -0.05) is 5.16 Å². The second kappa shape index (κ2) is 5.02. The van der Waals surface area contributed by atoms with E-state index in [2.05, 4.69) is 15.1 Å². The number of hydrogen-bond acceptors (Lipinski definition) is 6. The summed E-state index contributed by atoms with van der Waals surface area (Å²) in [6.45, 7) is 0.454. The van der Waals surface area contributed by atoms with Gasteiger partial charge in [0.25, 0.3) is 5.89 Å². The molecule has 0 aliphatic heterocycles. The summed E-state index contributed by atoms with van der Waals surface area (Å²) < 4.78 is 41.1. The van der Waals surface area contributed by atoms with Gasteiger partial charge in [-0.15, -0.1) is 11.3 Å². The molecule has 0 amide bonds. The second-order valence-corrected chi connectivity index (χ2v) is 4.42. The molecule has 0 aromatic carbocycles. The van der Waals surface area contributed by atoms with Crippen molar-refractivity contribution in [3.05, 3.63) is 16.2 Å². The molecule has 9 heteroatoms. The van der Waals surface area contributed by atoms with Gasteiger partial charge in [-0.05, 0) is 6.54 Å². The smallest absolute Gasteiger partial charge is 0.332 e. The van der Waals surface area contributed by atoms with Crippen molar-refractivity contribution in [2.24, 2.45) is 5.73 Å². The third-order valence-corrected chi connectivity index (χ3v) is 2.86. The number of halogens is 3. The van der Waals surface area contributed by atoms with Crippen molar-refractivity contribution in [1.82, 2.24) is 15.1 Å². The number of thiazole rings is 1. The zero-order valence-corrected chi connectivity index (χ0v) is 9.88. The fraction of sp³-hybridized carbons (Fsp3) is 0.444. The largest absolute Gasteiger partial charge is 0.396 e. The Morgan fingerprint density at radius 3 is 2.78 bits per heavy atom. The van der Waals surface area contributed by atoms with E-state index in [1.54, 1.807) is 5.38 Å².